The lowest BCUT2D eigenvalue weighted by Crippen LogP contribution is -2.64. The molecule has 3 N–H and O–H groups in total. The van der Waals surface area contributed by atoms with E-state index in [0.29, 0.717) is 0 Å². The molecule has 0 saturated carbocycles. The van der Waals surface area contributed by atoms with E-state index in [1.165, 1.54) is 13.8 Å². The van der Waals surface area contributed by atoms with Gasteiger partial charge in [-0.3, -0.25) is 9.59 Å². The summed E-state index contributed by atoms with van der Waals surface area (Å²) in [7, 11) is 0. The molecule has 1 aliphatic rings. The molecule has 0 aromatic rings. The molecule has 2 amide bonds. The molecule has 0 aliphatic carbocycles. The minimum absolute atomic E-state index is 0.00863. The van der Waals surface area contributed by atoms with Crippen molar-refractivity contribution in [2.75, 3.05) is 13.2 Å². The van der Waals surface area contributed by atoms with Gasteiger partial charge in [0.05, 0.1) is 37.4 Å². The molecular weight excluding hydrogens is 254 g/mol. The van der Waals surface area contributed by atoms with Crippen molar-refractivity contribution in [1.29, 1.82) is 0 Å². The van der Waals surface area contributed by atoms with Crippen molar-refractivity contribution >= 4 is 11.8 Å². The number of hydrogen-bond acceptors (Lipinski definition) is 5. The molecule has 4 atom stereocenters. The highest BCUT2D eigenvalue weighted by Crippen LogP contribution is 2.16. The molecule has 19 heavy (non-hydrogen) atoms. The molecule has 0 radical (unpaired) electrons. The first-order valence-corrected chi connectivity index (χ1v) is 5.80. The van der Waals surface area contributed by atoms with Gasteiger partial charge in [-0.2, -0.15) is 0 Å². The third kappa shape index (κ3) is 4.40. The zero-order valence-electron chi connectivity index (χ0n) is 10.7. The SMILES string of the molecule is CC(=O)N[C@@H]1C(CN=[N+]=[N-])OC[C@H](NC(C)=O)C1O. The molecule has 1 fully saturated rings. The number of azide groups is 1. The van der Waals surface area contributed by atoms with E-state index in [0.717, 1.165) is 0 Å². The number of hydrogen-bond donors (Lipinski definition) is 3. The number of rotatable bonds is 4. The van der Waals surface area contributed by atoms with Crippen LogP contribution in [0.15, 0.2) is 5.11 Å². The van der Waals surface area contributed by atoms with Crippen molar-refractivity contribution in [1.82, 2.24) is 10.6 Å². The van der Waals surface area contributed by atoms with Gasteiger partial charge in [0.1, 0.15) is 0 Å². The predicted molar refractivity (Wildman–Crippen MR) is 65.0 cm³/mol. The van der Waals surface area contributed by atoms with Crippen molar-refractivity contribution < 1.29 is 19.4 Å². The van der Waals surface area contributed by atoms with E-state index in [1.807, 2.05) is 0 Å². The first-order chi connectivity index (χ1) is 8.95. The maximum Gasteiger partial charge on any atom is 0.217 e. The fourth-order valence-electron chi connectivity index (χ4n) is 1.98. The summed E-state index contributed by atoms with van der Waals surface area (Å²) >= 11 is 0. The summed E-state index contributed by atoms with van der Waals surface area (Å²) in [5.41, 5.74) is 8.30. The number of carbonyl (C=O) groups excluding carboxylic acids is 2. The maximum atomic E-state index is 11.1. The van der Waals surface area contributed by atoms with Gasteiger partial charge in [-0.15, -0.1) is 0 Å². The third-order valence-corrected chi connectivity index (χ3v) is 2.75. The molecule has 0 aromatic heterocycles. The van der Waals surface area contributed by atoms with Gasteiger partial charge >= 0.3 is 0 Å². The first-order valence-electron chi connectivity index (χ1n) is 5.80. The second-order valence-electron chi connectivity index (χ2n) is 4.31. The Labute approximate surface area is 109 Å². The zero-order chi connectivity index (χ0) is 14.4. The number of carbonyl (C=O) groups is 2. The Balaban J connectivity index is 2.79. The van der Waals surface area contributed by atoms with E-state index >= 15 is 0 Å². The highest BCUT2D eigenvalue weighted by Gasteiger charge is 2.39. The third-order valence-electron chi connectivity index (χ3n) is 2.75. The Hall–Kier alpha value is -1.83. The quantitative estimate of drug-likeness (QED) is 0.345. The molecule has 1 saturated heterocycles. The van der Waals surface area contributed by atoms with Gasteiger partial charge in [0.25, 0.3) is 0 Å². The van der Waals surface area contributed by atoms with Crippen LogP contribution in [-0.2, 0) is 14.3 Å². The monoisotopic (exact) mass is 271 g/mol. The van der Waals surface area contributed by atoms with Crippen molar-refractivity contribution in [3.63, 3.8) is 0 Å². The molecule has 0 spiro atoms. The molecule has 2 unspecified atom stereocenters. The molecule has 9 heteroatoms. The lowest BCUT2D eigenvalue weighted by Gasteiger charge is -2.40. The second kappa shape index (κ2) is 6.93. The molecule has 1 heterocycles. The van der Waals surface area contributed by atoms with Crippen LogP contribution in [0.1, 0.15) is 13.8 Å². The van der Waals surface area contributed by atoms with E-state index in [9.17, 15) is 14.7 Å². The van der Waals surface area contributed by atoms with Crippen LogP contribution in [-0.4, -0.2) is 54.4 Å². The Morgan fingerprint density at radius 2 is 2.05 bits per heavy atom. The Kier molecular flexibility index (Phi) is 5.56. The Morgan fingerprint density at radius 3 is 2.58 bits per heavy atom. The zero-order valence-corrected chi connectivity index (χ0v) is 10.7. The Morgan fingerprint density at radius 1 is 1.42 bits per heavy atom. The van der Waals surface area contributed by atoms with E-state index in [4.69, 9.17) is 10.3 Å². The van der Waals surface area contributed by atoms with Crippen LogP contribution in [0.4, 0.5) is 0 Å². The number of amides is 2. The minimum Gasteiger partial charge on any atom is -0.389 e. The van der Waals surface area contributed by atoms with Gasteiger partial charge in [-0.05, 0) is 5.53 Å². The molecule has 1 rings (SSSR count). The average Bonchev–Trinajstić information content (AvgIpc) is 2.32. The minimum atomic E-state index is -1.01. The number of aliphatic hydroxyl groups is 1. The van der Waals surface area contributed by atoms with Crippen molar-refractivity contribution in [2.24, 2.45) is 5.11 Å². The molecule has 1 aliphatic heterocycles. The van der Waals surface area contributed by atoms with Crippen LogP contribution in [0, 0.1) is 0 Å². The van der Waals surface area contributed by atoms with Crippen molar-refractivity contribution in [2.45, 2.75) is 38.1 Å². The van der Waals surface area contributed by atoms with E-state index in [-0.39, 0.29) is 25.0 Å². The summed E-state index contributed by atoms with van der Waals surface area (Å²) in [6, 6.07) is -1.36. The topological polar surface area (TPSA) is 136 Å². The lowest BCUT2D eigenvalue weighted by molar-refractivity contribution is -0.132. The number of nitrogens with one attached hydrogen (secondary N) is 2. The van der Waals surface area contributed by atoms with E-state index in [2.05, 4.69) is 20.7 Å². The summed E-state index contributed by atoms with van der Waals surface area (Å²) in [6.45, 7) is 2.71. The summed E-state index contributed by atoms with van der Waals surface area (Å²) in [5, 5.41) is 18.6. The highest BCUT2D eigenvalue weighted by molar-refractivity contribution is 5.74. The average molecular weight is 271 g/mol. The molecule has 106 valence electrons. The van der Waals surface area contributed by atoms with Gasteiger partial charge in [0.2, 0.25) is 11.8 Å². The van der Waals surface area contributed by atoms with Crippen molar-refractivity contribution in [3.8, 4) is 0 Å². The van der Waals surface area contributed by atoms with Crippen LogP contribution >= 0.6 is 0 Å². The fourth-order valence-corrected chi connectivity index (χ4v) is 1.98. The molecule has 0 aromatic carbocycles. The molecule has 0 bridgehead atoms. The smallest absolute Gasteiger partial charge is 0.217 e. The van der Waals surface area contributed by atoms with Gasteiger partial charge in [-0.25, -0.2) is 0 Å². The van der Waals surface area contributed by atoms with Crippen LogP contribution in [0.25, 0.3) is 10.4 Å². The number of aliphatic hydroxyl groups excluding tert-OH is 1. The largest absolute Gasteiger partial charge is 0.389 e. The fraction of sp³-hybridized carbons (Fsp3) is 0.800. The first kappa shape index (κ1) is 15.2. The van der Waals surface area contributed by atoms with Crippen LogP contribution in [0.2, 0.25) is 0 Å². The predicted octanol–water partition coefficient (Wildman–Crippen LogP) is -0.934. The maximum absolute atomic E-state index is 11.1. The van der Waals surface area contributed by atoms with Gasteiger partial charge in [-0.1, -0.05) is 5.11 Å². The van der Waals surface area contributed by atoms with E-state index in [1.54, 1.807) is 0 Å². The van der Waals surface area contributed by atoms with Crippen LogP contribution < -0.4 is 10.6 Å². The standard InChI is InChI=1S/C10H17N5O4/c1-5(16)13-7-4-19-8(3-12-15-11)9(10(7)18)14-6(2)17/h7-10,18H,3-4H2,1-2H3,(H,13,16)(H,14,17)/t7-,8?,9+,10?/m0/s1. The number of nitrogens with zero attached hydrogens (tertiary/aromatic N) is 3. The lowest BCUT2D eigenvalue weighted by atomic mass is 9.95. The summed E-state index contributed by atoms with van der Waals surface area (Å²) in [4.78, 5) is 24.8. The van der Waals surface area contributed by atoms with Gasteiger partial charge in [0.15, 0.2) is 0 Å². The van der Waals surface area contributed by atoms with Gasteiger partial charge < -0.3 is 20.5 Å². The summed E-state index contributed by atoms with van der Waals surface area (Å²) in [5.74, 6) is -0.648. The molecular formula is C10H17N5O4. The summed E-state index contributed by atoms with van der Waals surface area (Å²) in [6.07, 6.45) is -1.64. The highest BCUT2D eigenvalue weighted by atomic mass is 16.5. The second-order valence-corrected chi connectivity index (χ2v) is 4.31. The van der Waals surface area contributed by atoms with Crippen molar-refractivity contribution in [3.05, 3.63) is 10.4 Å². The normalized spacial score (nSPS) is 30.1. The summed E-state index contributed by atoms with van der Waals surface area (Å²) < 4.78 is 5.42. The number of ether oxygens (including phenoxy) is 1. The van der Waals surface area contributed by atoms with Crippen LogP contribution in [0.3, 0.4) is 0 Å². The van der Waals surface area contributed by atoms with Crippen LogP contribution in [0.5, 0.6) is 0 Å². The molecule has 9 nitrogen and oxygen atoms in total. The Bertz CT molecular complexity index is 395. The van der Waals surface area contributed by atoms with E-state index < -0.39 is 24.3 Å². The van der Waals surface area contributed by atoms with Gasteiger partial charge in [0, 0.05) is 18.8 Å².